The molecule has 11 heteroatoms. The SMILES string of the molecule is Cc1nc(Cn2cc3c(C(=O)NC(C)C)nccc3n2)cnc1OCC(F)(F)F. The highest BCUT2D eigenvalue weighted by Gasteiger charge is 2.29. The molecule has 0 saturated heterocycles. The van der Waals surface area contributed by atoms with Crippen molar-refractivity contribution in [3.63, 3.8) is 0 Å². The summed E-state index contributed by atoms with van der Waals surface area (Å²) in [5.41, 5.74) is 1.57. The van der Waals surface area contributed by atoms with Crippen LogP contribution in [-0.4, -0.2) is 49.5 Å². The van der Waals surface area contributed by atoms with Gasteiger partial charge < -0.3 is 10.1 Å². The van der Waals surface area contributed by atoms with E-state index in [4.69, 9.17) is 0 Å². The van der Waals surface area contributed by atoms with Gasteiger partial charge in [-0.25, -0.2) is 9.97 Å². The lowest BCUT2D eigenvalue weighted by atomic mass is 10.2. The maximum Gasteiger partial charge on any atom is 0.422 e. The van der Waals surface area contributed by atoms with Crippen molar-refractivity contribution in [1.82, 2.24) is 30.0 Å². The molecule has 0 spiro atoms. The zero-order valence-corrected chi connectivity index (χ0v) is 16.0. The Labute approximate surface area is 164 Å². The molecule has 8 nitrogen and oxygen atoms in total. The highest BCUT2D eigenvalue weighted by atomic mass is 19.4. The molecule has 154 valence electrons. The number of nitrogens with one attached hydrogen (secondary N) is 1. The molecule has 1 N–H and O–H groups in total. The number of ether oxygens (including phenoxy) is 1. The van der Waals surface area contributed by atoms with Gasteiger partial charge >= 0.3 is 6.18 Å². The third kappa shape index (κ3) is 5.18. The van der Waals surface area contributed by atoms with E-state index in [0.717, 1.165) is 0 Å². The third-order valence-corrected chi connectivity index (χ3v) is 3.76. The molecule has 1 amide bonds. The quantitative estimate of drug-likeness (QED) is 0.674. The highest BCUT2D eigenvalue weighted by Crippen LogP contribution is 2.20. The van der Waals surface area contributed by atoms with Gasteiger partial charge in [-0.2, -0.15) is 18.3 Å². The Balaban J connectivity index is 1.80. The van der Waals surface area contributed by atoms with Crippen LogP contribution in [0.15, 0.2) is 24.7 Å². The first kappa shape index (κ1) is 20.5. The average molecular weight is 408 g/mol. The summed E-state index contributed by atoms with van der Waals surface area (Å²) in [5.74, 6) is -0.472. The number of halogens is 3. The second kappa shape index (κ2) is 8.02. The normalized spacial score (nSPS) is 11.8. The van der Waals surface area contributed by atoms with E-state index in [1.807, 2.05) is 13.8 Å². The lowest BCUT2D eigenvalue weighted by molar-refractivity contribution is -0.154. The first-order valence-electron chi connectivity index (χ1n) is 8.77. The number of hydrogen-bond donors (Lipinski definition) is 1. The molecule has 0 fully saturated rings. The predicted molar refractivity (Wildman–Crippen MR) is 97.6 cm³/mol. The first-order chi connectivity index (χ1) is 13.6. The van der Waals surface area contributed by atoms with Crippen LogP contribution in [0.4, 0.5) is 13.2 Å². The van der Waals surface area contributed by atoms with Gasteiger partial charge in [0.1, 0.15) is 5.69 Å². The summed E-state index contributed by atoms with van der Waals surface area (Å²) in [5, 5.41) is 7.78. The molecular formula is C18H19F3N6O2. The first-order valence-corrected chi connectivity index (χ1v) is 8.77. The number of fused-ring (bicyclic) bond motifs is 1. The molecule has 0 unspecified atom stereocenters. The van der Waals surface area contributed by atoms with E-state index in [0.29, 0.717) is 16.6 Å². The van der Waals surface area contributed by atoms with Crippen LogP contribution in [0.2, 0.25) is 0 Å². The third-order valence-electron chi connectivity index (χ3n) is 3.76. The van der Waals surface area contributed by atoms with E-state index in [-0.39, 0.29) is 35.8 Å². The summed E-state index contributed by atoms with van der Waals surface area (Å²) in [7, 11) is 0. The summed E-state index contributed by atoms with van der Waals surface area (Å²) >= 11 is 0. The fraction of sp³-hybridized carbons (Fsp3) is 0.389. The number of aromatic nitrogens is 5. The van der Waals surface area contributed by atoms with Crippen LogP contribution in [0.25, 0.3) is 10.9 Å². The summed E-state index contributed by atoms with van der Waals surface area (Å²) in [4.78, 5) is 24.6. The summed E-state index contributed by atoms with van der Waals surface area (Å²) in [6.07, 6.45) is 0.0551. The van der Waals surface area contributed by atoms with Crippen LogP contribution in [0, 0.1) is 6.92 Å². The number of carbonyl (C=O) groups excluding carboxylic acids is 1. The number of carbonyl (C=O) groups is 1. The minimum atomic E-state index is -4.45. The number of hydrogen-bond acceptors (Lipinski definition) is 6. The summed E-state index contributed by atoms with van der Waals surface area (Å²) in [6.45, 7) is 4.00. The summed E-state index contributed by atoms with van der Waals surface area (Å²) < 4.78 is 43.1. The zero-order valence-electron chi connectivity index (χ0n) is 16.0. The Bertz CT molecular complexity index is 1030. The minimum Gasteiger partial charge on any atom is -0.467 e. The average Bonchev–Trinajstić information content (AvgIpc) is 3.01. The molecular weight excluding hydrogens is 389 g/mol. The molecule has 3 rings (SSSR count). The molecule has 0 aliphatic heterocycles. The molecule has 0 aliphatic carbocycles. The van der Waals surface area contributed by atoms with Gasteiger partial charge in [0.15, 0.2) is 6.61 Å². The van der Waals surface area contributed by atoms with Crippen LogP contribution >= 0.6 is 0 Å². The van der Waals surface area contributed by atoms with Crippen LogP contribution in [0.1, 0.15) is 35.7 Å². The van der Waals surface area contributed by atoms with Gasteiger partial charge in [0.25, 0.3) is 5.91 Å². The number of pyridine rings is 1. The van der Waals surface area contributed by atoms with E-state index >= 15 is 0 Å². The summed E-state index contributed by atoms with van der Waals surface area (Å²) in [6, 6.07) is 1.65. The number of alkyl halides is 3. The van der Waals surface area contributed by atoms with Crippen molar-refractivity contribution in [2.75, 3.05) is 6.61 Å². The van der Waals surface area contributed by atoms with Crippen molar-refractivity contribution in [2.24, 2.45) is 0 Å². The highest BCUT2D eigenvalue weighted by molar-refractivity contribution is 6.04. The van der Waals surface area contributed by atoms with Gasteiger partial charge in [-0.15, -0.1) is 0 Å². The Morgan fingerprint density at radius 3 is 2.72 bits per heavy atom. The van der Waals surface area contributed by atoms with E-state index in [9.17, 15) is 18.0 Å². The number of nitrogens with zero attached hydrogens (tertiary/aromatic N) is 5. The minimum absolute atomic E-state index is 0.0362. The molecule has 0 radical (unpaired) electrons. The van der Waals surface area contributed by atoms with E-state index in [1.54, 1.807) is 16.9 Å². The van der Waals surface area contributed by atoms with Crippen molar-refractivity contribution < 1.29 is 22.7 Å². The molecule has 0 aliphatic rings. The van der Waals surface area contributed by atoms with Gasteiger partial charge in [-0.05, 0) is 26.8 Å². The lowest BCUT2D eigenvalue weighted by Gasteiger charge is -2.10. The number of aryl methyl sites for hydroxylation is 1. The van der Waals surface area contributed by atoms with Crippen LogP contribution < -0.4 is 10.1 Å². The Morgan fingerprint density at radius 1 is 1.31 bits per heavy atom. The molecule has 0 saturated carbocycles. The van der Waals surface area contributed by atoms with E-state index < -0.39 is 12.8 Å². The van der Waals surface area contributed by atoms with Gasteiger partial charge in [0.05, 0.1) is 35.0 Å². The maximum absolute atomic E-state index is 12.3. The van der Waals surface area contributed by atoms with Crippen molar-refractivity contribution in [1.29, 1.82) is 0 Å². The van der Waals surface area contributed by atoms with Gasteiger partial charge in [-0.1, -0.05) is 0 Å². The predicted octanol–water partition coefficient (Wildman–Crippen LogP) is 2.66. The molecule has 3 aromatic rings. The van der Waals surface area contributed by atoms with Crippen molar-refractivity contribution in [3.8, 4) is 5.88 Å². The van der Waals surface area contributed by atoms with Gasteiger partial charge in [-0.3, -0.25) is 14.5 Å². The molecule has 0 bridgehead atoms. The van der Waals surface area contributed by atoms with Gasteiger partial charge in [0, 0.05) is 18.4 Å². The smallest absolute Gasteiger partial charge is 0.422 e. The van der Waals surface area contributed by atoms with Crippen LogP contribution in [-0.2, 0) is 6.54 Å². The Hall–Kier alpha value is -3.24. The standard InChI is InChI=1S/C18H19F3N6O2/c1-10(2)24-16(28)15-13-8-27(26-14(13)4-5-22-15)7-12-6-23-17(11(3)25-12)29-9-18(19,20)21/h4-6,8,10H,7,9H2,1-3H3,(H,24,28). The van der Waals surface area contributed by atoms with Crippen molar-refractivity contribution >= 4 is 16.8 Å². The van der Waals surface area contributed by atoms with E-state index in [1.165, 1.54) is 19.3 Å². The molecule has 0 aromatic carbocycles. The largest absolute Gasteiger partial charge is 0.467 e. The van der Waals surface area contributed by atoms with Crippen molar-refractivity contribution in [3.05, 3.63) is 41.7 Å². The molecule has 29 heavy (non-hydrogen) atoms. The number of amides is 1. The van der Waals surface area contributed by atoms with E-state index in [2.05, 4.69) is 30.1 Å². The lowest BCUT2D eigenvalue weighted by Crippen LogP contribution is -2.30. The second-order valence-electron chi connectivity index (χ2n) is 6.70. The maximum atomic E-state index is 12.3. The Kier molecular flexibility index (Phi) is 5.66. The van der Waals surface area contributed by atoms with Crippen LogP contribution in [0.3, 0.4) is 0 Å². The second-order valence-corrected chi connectivity index (χ2v) is 6.70. The fourth-order valence-corrected chi connectivity index (χ4v) is 2.64. The molecule has 3 heterocycles. The molecule has 3 aromatic heterocycles. The Morgan fingerprint density at radius 2 is 2.07 bits per heavy atom. The van der Waals surface area contributed by atoms with Crippen molar-refractivity contribution in [2.45, 2.75) is 39.5 Å². The monoisotopic (exact) mass is 408 g/mol. The van der Waals surface area contributed by atoms with Crippen LogP contribution in [0.5, 0.6) is 5.88 Å². The van der Waals surface area contributed by atoms with Gasteiger partial charge in [0.2, 0.25) is 5.88 Å². The molecule has 0 atom stereocenters. The number of rotatable bonds is 6. The fourth-order valence-electron chi connectivity index (χ4n) is 2.64. The zero-order chi connectivity index (χ0) is 21.2. The topological polar surface area (TPSA) is 94.8 Å².